The lowest BCUT2D eigenvalue weighted by molar-refractivity contribution is -0.372. The number of nitrogens with zero attached hydrogens (tertiary/aromatic N) is 1. The third-order valence-electron chi connectivity index (χ3n) is 0.439. The first-order valence-corrected chi connectivity index (χ1v) is 5.17. The lowest BCUT2D eigenvalue weighted by Gasteiger charge is -2.17. The second-order valence-corrected chi connectivity index (χ2v) is 2.95. The lowest BCUT2D eigenvalue weighted by atomic mass is 10.8. The molecule has 8 N–H and O–H groups in total. The highest BCUT2D eigenvalue weighted by Gasteiger charge is 1.74. The quantitative estimate of drug-likeness (QED) is 0.343. The van der Waals surface area contributed by atoms with Gasteiger partial charge in [0.05, 0.1) is 32.1 Å². The molecule has 0 rings (SSSR count). The van der Waals surface area contributed by atoms with Crippen molar-refractivity contribution in [2.75, 3.05) is 26.3 Å². The molecule has 0 saturated heterocycles. The highest BCUT2D eigenvalue weighted by Crippen LogP contribution is 2.17. The molecule has 9 heteroatoms. The van der Waals surface area contributed by atoms with E-state index in [9.17, 15) is 0 Å². The maximum Gasteiger partial charge on any atom is 0.0974 e. The van der Waals surface area contributed by atoms with Gasteiger partial charge in [-0.05, 0) is 0 Å². The van der Waals surface area contributed by atoms with E-state index in [1.807, 2.05) is 0 Å². The van der Waals surface area contributed by atoms with Crippen LogP contribution in [0.15, 0.2) is 0 Å². The maximum atomic E-state index is 9.11. The highest BCUT2D eigenvalue weighted by atomic mass is 31.2. The van der Waals surface area contributed by atoms with Crippen molar-refractivity contribution in [1.29, 1.82) is 5.26 Å². The minimum absolute atomic E-state index is 0.208. The van der Waals surface area contributed by atoms with Crippen LogP contribution >= 0.6 is 7.60 Å². The van der Waals surface area contributed by atoms with Crippen LogP contribution in [0.2, 0.25) is 0 Å². The molecular formula is C5H16N3O5P. The molecule has 0 bridgehead atoms. The van der Waals surface area contributed by atoms with Gasteiger partial charge in [0.1, 0.15) is 0 Å². The van der Waals surface area contributed by atoms with Gasteiger partial charge in [-0.15, -0.1) is 0 Å². The summed E-state index contributed by atoms with van der Waals surface area (Å²) < 4.78 is 9.11. The molecule has 0 heterocycles. The van der Waals surface area contributed by atoms with Gasteiger partial charge in [0.25, 0.3) is 0 Å². The third-order valence-corrected chi connectivity index (χ3v) is 0.684. The largest absolute Gasteiger partial charge is 0.800 e. The molecule has 0 aliphatic carbocycles. The molecule has 0 unspecified atom stereocenters. The van der Waals surface area contributed by atoms with Crippen LogP contribution in [0.4, 0.5) is 0 Å². The molecular weight excluding hydrogens is 213 g/mol. The molecule has 0 saturated carbocycles. The van der Waals surface area contributed by atoms with Gasteiger partial charge in [-0.3, -0.25) is 0 Å². The van der Waals surface area contributed by atoms with Gasteiger partial charge < -0.3 is 36.0 Å². The molecule has 0 atom stereocenters. The van der Waals surface area contributed by atoms with Crippen LogP contribution in [0.5, 0.6) is 0 Å². The molecule has 0 aliphatic rings. The SMILES string of the molecule is N#CP(=O)([O-])[O-].[NH3+]CCO.[NH3+]CCO. The van der Waals surface area contributed by atoms with Crippen molar-refractivity contribution < 1.29 is 36.0 Å². The molecule has 8 nitrogen and oxygen atoms in total. The monoisotopic (exact) mass is 229 g/mol. The van der Waals surface area contributed by atoms with Crippen molar-refractivity contribution in [3.63, 3.8) is 0 Å². The number of quaternary nitrogens is 2. The van der Waals surface area contributed by atoms with Crippen molar-refractivity contribution in [2.24, 2.45) is 0 Å². The van der Waals surface area contributed by atoms with Crippen molar-refractivity contribution in [1.82, 2.24) is 0 Å². The first-order chi connectivity index (χ1) is 6.39. The molecule has 0 aromatic rings. The van der Waals surface area contributed by atoms with E-state index < -0.39 is 7.60 Å². The van der Waals surface area contributed by atoms with Crippen LogP contribution in [0, 0.1) is 11.1 Å². The molecule has 0 aromatic carbocycles. The molecule has 0 aliphatic heterocycles. The zero-order chi connectivity index (χ0) is 12.0. The van der Waals surface area contributed by atoms with Crippen LogP contribution in [0.25, 0.3) is 0 Å². The predicted octanol–water partition coefficient (Wildman–Crippen LogP) is -5.18. The number of rotatable bonds is 2. The normalized spacial score (nSPS) is 8.64. The Bertz CT molecular complexity index is 169. The average Bonchev–Trinajstić information content (AvgIpc) is 2.17. The van der Waals surface area contributed by atoms with Gasteiger partial charge in [0.15, 0.2) is 0 Å². The average molecular weight is 229 g/mol. The van der Waals surface area contributed by atoms with Crippen molar-refractivity contribution in [2.45, 2.75) is 0 Å². The van der Waals surface area contributed by atoms with E-state index in [0.29, 0.717) is 18.9 Å². The molecule has 0 radical (unpaired) electrons. The minimum Gasteiger partial charge on any atom is -0.800 e. The fourth-order valence-electron chi connectivity index (χ4n) is 0. The van der Waals surface area contributed by atoms with Crippen molar-refractivity contribution in [3.05, 3.63) is 0 Å². The topological polar surface area (TPSA) is 183 Å². The van der Waals surface area contributed by atoms with Gasteiger partial charge in [0, 0.05) is 7.60 Å². The zero-order valence-corrected chi connectivity index (χ0v) is 8.65. The summed E-state index contributed by atoms with van der Waals surface area (Å²) in [5.41, 5.74) is 6.71. The summed E-state index contributed by atoms with van der Waals surface area (Å²) in [5, 5.41) is 22.9. The Labute approximate surface area is 81.9 Å². The third kappa shape index (κ3) is 62.8. The van der Waals surface area contributed by atoms with E-state index in [0.717, 1.165) is 0 Å². The fourth-order valence-corrected chi connectivity index (χ4v) is 0. The summed E-state index contributed by atoms with van der Waals surface area (Å²) in [6, 6.07) is 0. The Hall–Kier alpha value is -0.520. The summed E-state index contributed by atoms with van der Waals surface area (Å²) in [5.74, 6) is 0.549. The van der Waals surface area contributed by atoms with E-state index >= 15 is 0 Å². The molecule has 0 aromatic heterocycles. The van der Waals surface area contributed by atoms with Crippen LogP contribution in [0.1, 0.15) is 0 Å². The van der Waals surface area contributed by atoms with Crippen LogP contribution in [-0.2, 0) is 4.57 Å². The van der Waals surface area contributed by atoms with E-state index in [4.69, 9.17) is 29.8 Å². The Balaban J connectivity index is -0.000000135. The van der Waals surface area contributed by atoms with Gasteiger partial charge in [-0.1, -0.05) is 0 Å². The van der Waals surface area contributed by atoms with Gasteiger partial charge >= 0.3 is 0 Å². The second-order valence-electron chi connectivity index (χ2n) is 1.75. The highest BCUT2D eigenvalue weighted by molar-refractivity contribution is 7.54. The summed E-state index contributed by atoms with van der Waals surface area (Å²) in [7, 11) is -4.84. The molecule has 14 heavy (non-hydrogen) atoms. The number of aliphatic hydroxyl groups is 2. The number of nitriles is 1. The van der Waals surface area contributed by atoms with Gasteiger partial charge in [0.2, 0.25) is 0 Å². The van der Waals surface area contributed by atoms with E-state index in [1.165, 1.54) is 0 Å². The standard InChI is InChI=1S/2C2H7NO.CH2NO3P/c2*3-1-2-4;2-1-6(3,4)5/h2*4H,1-3H2;(H2,3,4,5). The summed E-state index contributed by atoms with van der Waals surface area (Å²) in [6.07, 6.45) is 0. The number of hydrogen-bond acceptors (Lipinski definition) is 6. The zero-order valence-electron chi connectivity index (χ0n) is 7.76. The molecule has 86 valence electrons. The Morgan fingerprint density at radius 3 is 1.36 bits per heavy atom. The van der Waals surface area contributed by atoms with Crippen LogP contribution < -0.4 is 21.3 Å². The summed E-state index contributed by atoms with van der Waals surface area (Å²) in [6.45, 7) is 1.67. The Morgan fingerprint density at radius 2 is 1.36 bits per heavy atom. The number of aliphatic hydroxyl groups excluding tert-OH is 2. The van der Waals surface area contributed by atoms with E-state index in [-0.39, 0.29) is 13.2 Å². The van der Waals surface area contributed by atoms with Crippen LogP contribution in [0.3, 0.4) is 0 Å². The number of hydrogen-bond donors (Lipinski definition) is 4. The Morgan fingerprint density at radius 1 is 1.21 bits per heavy atom. The molecule has 0 fully saturated rings. The predicted molar refractivity (Wildman–Crippen MR) is 42.9 cm³/mol. The van der Waals surface area contributed by atoms with Crippen LogP contribution in [-0.4, -0.2) is 36.5 Å². The second kappa shape index (κ2) is 15.0. The van der Waals surface area contributed by atoms with E-state index in [2.05, 4.69) is 11.5 Å². The van der Waals surface area contributed by atoms with Gasteiger partial charge in [-0.2, -0.15) is 5.26 Å². The van der Waals surface area contributed by atoms with E-state index in [1.54, 1.807) is 0 Å². The first kappa shape index (κ1) is 19.1. The molecule has 0 spiro atoms. The van der Waals surface area contributed by atoms with Gasteiger partial charge in [-0.25, -0.2) is 0 Å². The first-order valence-electron chi connectivity index (χ1n) is 3.63. The molecule has 0 amide bonds. The van der Waals surface area contributed by atoms with Crippen molar-refractivity contribution >= 4 is 7.60 Å². The summed E-state index contributed by atoms with van der Waals surface area (Å²) in [4.78, 5) is 18.2. The fraction of sp³-hybridized carbons (Fsp3) is 0.800. The summed E-state index contributed by atoms with van der Waals surface area (Å²) >= 11 is 0. The smallest absolute Gasteiger partial charge is 0.0974 e. The van der Waals surface area contributed by atoms with Crippen molar-refractivity contribution in [3.8, 4) is 5.81 Å². The minimum atomic E-state index is -4.84. The lowest BCUT2D eigenvalue weighted by Crippen LogP contribution is -2.51. The maximum absolute atomic E-state index is 9.11. The Kier molecular flexibility index (Phi) is 20.4.